The number of nitrogens with one attached hydrogen (secondary N) is 2. The second kappa shape index (κ2) is 6.68. The number of imide groups is 1. The van der Waals surface area contributed by atoms with Gasteiger partial charge in [-0.2, -0.15) is 11.8 Å². The normalized spacial score (nSPS) is 17.6. The number of carbonyl (C=O) groups excluding carboxylic acids is 3. The molecule has 2 heterocycles. The SMILES string of the molecule is CSCC[C@@H]1NC(=O)N(CC(=O)c2c(C)[nH]c3ccccc23)C1=O. The molecule has 3 amide bonds. The van der Waals surface area contributed by atoms with E-state index < -0.39 is 12.1 Å². The number of aryl methyl sites for hydroxylation is 1. The molecular formula is C17H19N3O3S. The Morgan fingerprint density at radius 1 is 1.29 bits per heavy atom. The highest BCUT2D eigenvalue weighted by Gasteiger charge is 2.38. The Balaban J connectivity index is 1.80. The third-order valence-corrected chi connectivity index (χ3v) is 4.84. The number of aromatic amines is 1. The summed E-state index contributed by atoms with van der Waals surface area (Å²) in [7, 11) is 0. The summed E-state index contributed by atoms with van der Waals surface area (Å²) in [5.74, 6) is 0.221. The van der Waals surface area contributed by atoms with Crippen molar-refractivity contribution < 1.29 is 14.4 Å². The van der Waals surface area contributed by atoms with E-state index in [0.717, 1.165) is 27.2 Å². The van der Waals surface area contributed by atoms with Gasteiger partial charge in [0.05, 0.1) is 6.54 Å². The molecule has 1 saturated heterocycles. The lowest BCUT2D eigenvalue weighted by molar-refractivity contribution is -0.127. The third kappa shape index (κ3) is 2.91. The van der Waals surface area contributed by atoms with E-state index in [0.29, 0.717) is 12.0 Å². The summed E-state index contributed by atoms with van der Waals surface area (Å²) in [6.07, 6.45) is 2.52. The van der Waals surface area contributed by atoms with E-state index in [1.807, 2.05) is 37.4 Å². The Kier molecular flexibility index (Phi) is 4.62. The lowest BCUT2D eigenvalue weighted by atomic mass is 10.1. The summed E-state index contributed by atoms with van der Waals surface area (Å²) >= 11 is 1.62. The monoisotopic (exact) mass is 345 g/mol. The average Bonchev–Trinajstić information content (AvgIpc) is 3.03. The molecule has 0 bridgehead atoms. The highest BCUT2D eigenvalue weighted by atomic mass is 32.2. The fourth-order valence-electron chi connectivity index (χ4n) is 3.02. The summed E-state index contributed by atoms with van der Waals surface area (Å²) in [6.45, 7) is 1.59. The molecule has 1 aliphatic rings. The number of hydrogen-bond acceptors (Lipinski definition) is 4. The van der Waals surface area contributed by atoms with Crippen LogP contribution in [-0.2, 0) is 4.79 Å². The second-order valence-electron chi connectivity index (χ2n) is 5.80. The van der Waals surface area contributed by atoms with E-state index >= 15 is 0 Å². The van der Waals surface area contributed by atoms with Gasteiger partial charge < -0.3 is 10.3 Å². The van der Waals surface area contributed by atoms with Gasteiger partial charge in [-0.05, 0) is 31.4 Å². The second-order valence-corrected chi connectivity index (χ2v) is 6.79. The molecule has 6 nitrogen and oxygen atoms in total. The molecule has 3 rings (SSSR count). The van der Waals surface area contributed by atoms with Gasteiger partial charge in [-0.1, -0.05) is 18.2 Å². The molecule has 0 aliphatic carbocycles. The predicted octanol–water partition coefficient (Wildman–Crippen LogP) is 2.33. The van der Waals surface area contributed by atoms with Gasteiger partial charge in [0.15, 0.2) is 5.78 Å². The van der Waals surface area contributed by atoms with E-state index in [2.05, 4.69) is 10.3 Å². The van der Waals surface area contributed by atoms with Crippen molar-refractivity contribution in [2.45, 2.75) is 19.4 Å². The quantitative estimate of drug-likeness (QED) is 0.622. The van der Waals surface area contributed by atoms with Crippen molar-refractivity contribution in [1.82, 2.24) is 15.2 Å². The molecule has 0 saturated carbocycles. The zero-order valence-electron chi connectivity index (χ0n) is 13.6. The Labute approximate surface area is 144 Å². The fraction of sp³-hybridized carbons (Fsp3) is 0.353. The Morgan fingerprint density at radius 3 is 2.79 bits per heavy atom. The maximum atomic E-state index is 12.7. The van der Waals surface area contributed by atoms with Gasteiger partial charge in [-0.3, -0.25) is 14.5 Å². The molecule has 1 aromatic carbocycles. The van der Waals surface area contributed by atoms with Crippen LogP contribution < -0.4 is 5.32 Å². The number of Topliss-reactive ketones (excluding diaryl/α,β-unsaturated/α-hetero) is 1. The Bertz CT molecular complexity index is 815. The molecule has 24 heavy (non-hydrogen) atoms. The van der Waals surface area contributed by atoms with Crippen molar-refractivity contribution >= 4 is 40.4 Å². The van der Waals surface area contributed by atoms with Crippen LogP contribution in [0.15, 0.2) is 24.3 Å². The lowest BCUT2D eigenvalue weighted by Crippen LogP contribution is -2.36. The lowest BCUT2D eigenvalue weighted by Gasteiger charge is -2.12. The number of H-pyrrole nitrogens is 1. The minimum atomic E-state index is -0.526. The maximum Gasteiger partial charge on any atom is 0.325 e. The summed E-state index contributed by atoms with van der Waals surface area (Å²) in [5, 5.41) is 3.47. The number of carbonyl (C=O) groups is 3. The zero-order valence-corrected chi connectivity index (χ0v) is 14.4. The van der Waals surface area contributed by atoms with E-state index in [4.69, 9.17) is 0 Å². The van der Waals surface area contributed by atoms with Gasteiger partial charge >= 0.3 is 6.03 Å². The van der Waals surface area contributed by atoms with Crippen LogP contribution in [0.5, 0.6) is 0 Å². The number of rotatable bonds is 6. The number of ketones is 1. The predicted molar refractivity (Wildman–Crippen MR) is 94.4 cm³/mol. The molecule has 1 aromatic heterocycles. The van der Waals surface area contributed by atoms with E-state index in [1.54, 1.807) is 11.8 Å². The van der Waals surface area contributed by atoms with Crippen molar-refractivity contribution in [3.63, 3.8) is 0 Å². The van der Waals surface area contributed by atoms with Crippen LogP contribution >= 0.6 is 11.8 Å². The molecule has 0 radical (unpaired) electrons. The first kappa shape index (κ1) is 16.6. The minimum absolute atomic E-state index is 0.233. The van der Waals surface area contributed by atoms with Crippen molar-refractivity contribution in [1.29, 1.82) is 0 Å². The largest absolute Gasteiger partial charge is 0.358 e. The van der Waals surface area contributed by atoms with Crippen LogP contribution in [0.3, 0.4) is 0 Å². The van der Waals surface area contributed by atoms with Crippen molar-refractivity contribution in [2.75, 3.05) is 18.6 Å². The smallest absolute Gasteiger partial charge is 0.325 e. The molecule has 2 N–H and O–H groups in total. The molecule has 1 fully saturated rings. The van der Waals surface area contributed by atoms with Gasteiger partial charge in [0.1, 0.15) is 6.04 Å². The van der Waals surface area contributed by atoms with Gasteiger partial charge in [0.25, 0.3) is 5.91 Å². The fourth-order valence-corrected chi connectivity index (χ4v) is 3.49. The first-order valence-corrected chi connectivity index (χ1v) is 9.13. The minimum Gasteiger partial charge on any atom is -0.358 e. The van der Waals surface area contributed by atoms with E-state index in [-0.39, 0.29) is 18.2 Å². The first-order valence-electron chi connectivity index (χ1n) is 7.74. The third-order valence-electron chi connectivity index (χ3n) is 4.19. The summed E-state index contributed by atoms with van der Waals surface area (Å²) < 4.78 is 0. The Morgan fingerprint density at radius 2 is 2.04 bits per heavy atom. The van der Waals surface area contributed by atoms with E-state index in [1.165, 1.54) is 0 Å². The molecule has 1 aliphatic heterocycles. The zero-order chi connectivity index (χ0) is 17.3. The van der Waals surface area contributed by atoms with Crippen LogP contribution in [0.25, 0.3) is 10.9 Å². The summed E-state index contributed by atoms with van der Waals surface area (Å²) in [6, 6.07) is 6.49. The van der Waals surface area contributed by atoms with Crippen molar-refractivity contribution in [3.8, 4) is 0 Å². The van der Waals surface area contributed by atoms with Crippen LogP contribution in [0.1, 0.15) is 22.5 Å². The molecule has 0 spiro atoms. The summed E-state index contributed by atoms with van der Waals surface area (Å²) in [5.41, 5.74) is 2.15. The van der Waals surface area contributed by atoms with Crippen LogP contribution in [0.4, 0.5) is 4.79 Å². The highest BCUT2D eigenvalue weighted by molar-refractivity contribution is 7.98. The van der Waals surface area contributed by atoms with Crippen LogP contribution in [0.2, 0.25) is 0 Å². The van der Waals surface area contributed by atoms with Gasteiger partial charge in [0.2, 0.25) is 0 Å². The highest BCUT2D eigenvalue weighted by Crippen LogP contribution is 2.23. The van der Waals surface area contributed by atoms with Gasteiger partial charge in [-0.25, -0.2) is 4.79 Å². The number of nitrogens with zero attached hydrogens (tertiary/aromatic N) is 1. The molecule has 2 aromatic rings. The average molecular weight is 345 g/mol. The van der Waals surface area contributed by atoms with Crippen molar-refractivity contribution in [3.05, 3.63) is 35.5 Å². The maximum absolute atomic E-state index is 12.7. The molecule has 126 valence electrons. The first-order chi connectivity index (χ1) is 11.5. The van der Waals surface area contributed by atoms with Crippen LogP contribution in [-0.4, -0.2) is 52.2 Å². The number of aromatic nitrogens is 1. The number of thioether (sulfide) groups is 1. The van der Waals surface area contributed by atoms with Gasteiger partial charge in [0, 0.05) is 22.2 Å². The summed E-state index contributed by atoms with van der Waals surface area (Å²) in [4.78, 5) is 41.3. The number of hydrogen-bond donors (Lipinski definition) is 2. The van der Waals surface area contributed by atoms with Crippen LogP contribution in [0, 0.1) is 6.92 Å². The number of benzene rings is 1. The molecule has 1 atom stereocenters. The standard InChI is InChI=1S/C17H19N3O3S/c1-10-15(11-5-3-4-6-12(11)18-10)14(21)9-20-16(22)13(7-8-24-2)19-17(20)23/h3-6,13,18H,7-9H2,1-2H3,(H,19,23)/t13-/m0/s1. The van der Waals surface area contributed by atoms with Gasteiger partial charge in [-0.15, -0.1) is 0 Å². The number of para-hydroxylation sites is 1. The number of urea groups is 1. The topological polar surface area (TPSA) is 82.3 Å². The number of fused-ring (bicyclic) bond motifs is 1. The molecule has 7 heteroatoms. The molecular weight excluding hydrogens is 326 g/mol. The number of amides is 3. The van der Waals surface area contributed by atoms with Crippen molar-refractivity contribution in [2.24, 2.45) is 0 Å². The Hall–Kier alpha value is -2.28. The molecule has 0 unspecified atom stereocenters. The van der Waals surface area contributed by atoms with E-state index in [9.17, 15) is 14.4 Å².